The van der Waals surface area contributed by atoms with Gasteiger partial charge in [-0.05, 0) is 51.6 Å². The largest absolute Gasteiger partial charge is 0.306 e. The van der Waals surface area contributed by atoms with Gasteiger partial charge in [-0.15, -0.1) is 0 Å². The van der Waals surface area contributed by atoms with Crippen molar-refractivity contribution in [3.63, 3.8) is 0 Å². The molecule has 68 heavy (non-hydrogen) atoms. The van der Waals surface area contributed by atoms with E-state index in [0.717, 1.165) is 93.8 Å². The molecule has 0 aliphatic carbocycles. The molecule has 0 fully saturated rings. The van der Waals surface area contributed by atoms with E-state index in [1.54, 1.807) is 0 Å². The van der Waals surface area contributed by atoms with Crippen LogP contribution in [0.4, 0.5) is 0 Å². The highest BCUT2D eigenvalue weighted by Crippen LogP contribution is 2.46. The lowest BCUT2D eigenvalue weighted by Crippen LogP contribution is -2.07. The average molecular weight is 868 g/mol. The van der Waals surface area contributed by atoms with Crippen molar-refractivity contribution in [3.05, 3.63) is 249 Å². The molecule has 0 aliphatic rings. The Kier molecular flexibility index (Phi) is 9.43. The van der Waals surface area contributed by atoms with Gasteiger partial charge in [-0.25, -0.2) is 4.98 Å². The van der Waals surface area contributed by atoms with E-state index in [0.29, 0.717) is 17.6 Å². The molecule has 0 saturated heterocycles. The molecular formula is C63H41N5. The quantitative estimate of drug-likeness (QED) is 0.153. The van der Waals surface area contributed by atoms with Crippen LogP contribution in [-0.4, -0.2) is 24.1 Å². The van der Waals surface area contributed by atoms with Crippen LogP contribution in [0.5, 0.6) is 0 Å². The minimum absolute atomic E-state index is 0.545. The summed E-state index contributed by atoms with van der Waals surface area (Å²) in [6.45, 7) is 0. The van der Waals surface area contributed by atoms with Crippen LogP contribution in [0, 0.1) is 0 Å². The van der Waals surface area contributed by atoms with Crippen molar-refractivity contribution in [3.8, 4) is 78.9 Å². The van der Waals surface area contributed by atoms with E-state index in [1.165, 1.54) is 11.1 Å². The summed E-state index contributed by atoms with van der Waals surface area (Å²) < 4.78 is 4.79. The van der Waals surface area contributed by atoms with Crippen molar-refractivity contribution in [2.75, 3.05) is 0 Å². The van der Waals surface area contributed by atoms with Crippen LogP contribution in [0.25, 0.3) is 123 Å². The van der Waals surface area contributed by atoms with Gasteiger partial charge in [0.15, 0.2) is 11.6 Å². The lowest BCUT2D eigenvalue weighted by Gasteiger charge is -2.20. The van der Waals surface area contributed by atoms with Gasteiger partial charge in [-0.1, -0.05) is 231 Å². The van der Waals surface area contributed by atoms with E-state index in [4.69, 9.17) is 15.0 Å². The van der Waals surface area contributed by atoms with Crippen LogP contribution in [0.15, 0.2) is 249 Å². The first-order valence-corrected chi connectivity index (χ1v) is 23.0. The number of hydrogen-bond donors (Lipinski definition) is 0. The Morgan fingerprint density at radius 1 is 0.250 bits per heavy atom. The fourth-order valence-corrected chi connectivity index (χ4v) is 10.1. The van der Waals surface area contributed by atoms with E-state index >= 15 is 0 Å². The number of para-hydroxylation sites is 3. The molecule has 3 heterocycles. The van der Waals surface area contributed by atoms with Gasteiger partial charge < -0.3 is 4.57 Å². The molecule has 0 radical (unpaired) electrons. The minimum Gasteiger partial charge on any atom is -0.306 e. The van der Waals surface area contributed by atoms with E-state index in [-0.39, 0.29) is 0 Å². The Balaban J connectivity index is 1.14. The average Bonchev–Trinajstić information content (AvgIpc) is 3.95. The van der Waals surface area contributed by atoms with Crippen molar-refractivity contribution in [2.45, 2.75) is 0 Å². The highest BCUT2D eigenvalue weighted by molar-refractivity contribution is 6.24. The van der Waals surface area contributed by atoms with Gasteiger partial charge in [0.2, 0.25) is 5.95 Å². The zero-order valence-electron chi connectivity index (χ0n) is 36.9. The Hall–Kier alpha value is -9.19. The lowest BCUT2D eigenvalue weighted by molar-refractivity contribution is 0.953. The second-order valence-corrected chi connectivity index (χ2v) is 17.2. The predicted molar refractivity (Wildman–Crippen MR) is 281 cm³/mol. The van der Waals surface area contributed by atoms with Crippen LogP contribution in [0.2, 0.25) is 0 Å². The van der Waals surface area contributed by atoms with Gasteiger partial charge >= 0.3 is 0 Å². The molecule has 0 unspecified atom stereocenters. The molecule has 13 aromatic rings. The zero-order valence-corrected chi connectivity index (χ0v) is 36.9. The summed E-state index contributed by atoms with van der Waals surface area (Å²) in [5.74, 6) is 1.75. The van der Waals surface area contributed by atoms with Gasteiger partial charge in [-0.2, -0.15) is 9.97 Å². The third kappa shape index (κ3) is 6.59. The third-order valence-electron chi connectivity index (χ3n) is 13.2. The zero-order chi connectivity index (χ0) is 45.0. The summed E-state index contributed by atoms with van der Waals surface area (Å²) in [5, 5.41) is 4.52. The summed E-state index contributed by atoms with van der Waals surface area (Å²) in [6, 6.07) is 88.3. The second-order valence-electron chi connectivity index (χ2n) is 17.2. The molecule has 0 aliphatic heterocycles. The first kappa shape index (κ1) is 39.2. The topological polar surface area (TPSA) is 48.5 Å². The van der Waals surface area contributed by atoms with Gasteiger partial charge in [-0.3, -0.25) is 4.57 Å². The molecule has 10 aromatic carbocycles. The van der Waals surface area contributed by atoms with Gasteiger partial charge in [0.1, 0.15) is 0 Å². The number of nitrogens with zero attached hydrogens (tertiary/aromatic N) is 5. The van der Waals surface area contributed by atoms with E-state index < -0.39 is 0 Å². The van der Waals surface area contributed by atoms with Crippen molar-refractivity contribution < 1.29 is 0 Å². The van der Waals surface area contributed by atoms with E-state index in [1.807, 2.05) is 24.3 Å². The summed E-state index contributed by atoms with van der Waals surface area (Å²) in [4.78, 5) is 16.0. The Morgan fingerprint density at radius 2 is 0.647 bits per heavy atom. The summed E-state index contributed by atoms with van der Waals surface area (Å²) in [7, 11) is 0. The summed E-state index contributed by atoms with van der Waals surface area (Å²) in [5.41, 5.74) is 16.3. The molecule has 0 saturated carbocycles. The van der Waals surface area contributed by atoms with Crippen molar-refractivity contribution in [1.29, 1.82) is 0 Å². The molecule has 13 rings (SSSR count). The summed E-state index contributed by atoms with van der Waals surface area (Å²) in [6.07, 6.45) is 0. The van der Waals surface area contributed by atoms with Crippen molar-refractivity contribution in [1.82, 2.24) is 24.1 Å². The smallest absolute Gasteiger partial charge is 0.238 e. The highest BCUT2D eigenvalue weighted by Gasteiger charge is 2.26. The lowest BCUT2D eigenvalue weighted by atomic mass is 9.93. The number of hydrogen-bond acceptors (Lipinski definition) is 3. The van der Waals surface area contributed by atoms with Gasteiger partial charge in [0.05, 0.1) is 27.8 Å². The molecular weight excluding hydrogens is 827 g/mol. The molecule has 318 valence electrons. The highest BCUT2D eigenvalue weighted by atomic mass is 15.2. The van der Waals surface area contributed by atoms with Crippen LogP contribution >= 0.6 is 0 Å². The first-order chi connectivity index (χ1) is 33.7. The molecule has 0 amide bonds. The second kappa shape index (κ2) is 16.4. The first-order valence-electron chi connectivity index (χ1n) is 23.0. The maximum absolute atomic E-state index is 5.44. The van der Waals surface area contributed by atoms with Crippen LogP contribution in [-0.2, 0) is 0 Å². The van der Waals surface area contributed by atoms with Gasteiger partial charge in [0.25, 0.3) is 0 Å². The molecule has 0 bridgehead atoms. The molecule has 5 nitrogen and oxygen atoms in total. The molecule has 0 spiro atoms. The number of fused-ring (bicyclic) bond motifs is 7. The number of aromatic nitrogens is 5. The molecule has 0 N–H and O–H groups in total. The Bertz CT molecular complexity index is 3990. The fraction of sp³-hybridized carbons (Fsp3) is 0. The minimum atomic E-state index is 0.545. The van der Waals surface area contributed by atoms with Gasteiger partial charge in [0, 0.05) is 43.8 Å². The molecule has 5 heteroatoms. The monoisotopic (exact) mass is 867 g/mol. The van der Waals surface area contributed by atoms with Crippen molar-refractivity contribution >= 4 is 43.6 Å². The third-order valence-corrected chi connectivity index (χ3v) is 13.2. The van der Waals surface area contributed by atoms with E-state index in [2.05, 4.69) is 234 Å². The standard InChI is InChI=1S/C63H41N5/c1-5-19-42(20-6-1)44-35-37-47(38-36-44)62-64-61(46-25-11-4-12-26-46)65-63(66-62)68-57-34-16-14-30-53(57)55-40-39-54-52-29-13-15-33-56(52)67(59(54)60(55)68)58-50(45-23-9-3-10-24-45)31-18-32-51(58)49-28-17-27-48(41-49)43-21-7-2-8-22-43/h1-41H. The Labute approximate surface area is 393 Å². The maximum atomic E-state index is 5.44. The predicted octanol–water partition coefficient (Wildman–Crippen LogP) is 16.1. The normalized spacial score (nSPS) is 11.5. The molecule has 0 atom stereocenters. The SMILES string of the molecule is c1ccc(-c2ccc(-c3nc(-c4ccccc4)nc(-n4c5ccccc5c5ccc6c7ccccc7n(-c7c(-c8ccccc8)cccc7-c7cccc(-c8ccccc8)c7)c6c54)n3)cc2)cc1. The number of benzene rings is 10. The van der Waals surface area contributed by atoms with E-state index in [9.17, 15) is 0 Å². The molecule has 3 aromatic heterocycles. The number of rotatable bonds is 8. The summed E-state index contributed by atoms with van der Waals surface area (Å²) >= 11 is 0. The van der Waals surface area contributed by atoms with Crippen LogP contribution in [0.1, 0.15) is 0 Å². The van der Waals surface area contributed by atoms with Crippen molar-refractivity contribution in [2.24, 2.45) is 0 Å². The fourth-order valence-electron chi connectivity index (χ4n) is 10.1. The van der Waals surface area contributed by atoms with Crippen LogP contribution < -0.4 is 0 Å². The maximum Gasteiger partial charge on any atom is 0.238 e. The Morgan fingerprint density at radius 3 is 1.25 bits per heavy atom. The van der Waals surface area contributed by atoms with Crippen LogP contribution in [0.3, 0.4) is 0 Å².